The highest BCUT2D eigenvalue weighted by Gasteiger charge is 2.33. The summed E-state index contributed by atoms with van der Waals surface area (Å²) < 4.78 is 13.8. The molecule has 2 aliphatic rings. The fourth-order valence-electron chi connectivity index (χ4n) is 3.78. The van der Waals surface area contributed by atoms with Crippen molar-refractivity contribution in [1.82, 2.24) is 10.2 Å². The second-order valence-corrected chi connectivity index (χ2v) is 5.69. The molecule has 0 saturated carbocycles. The molecule has 1 aliphatic heterocycles. The number of piperidine rings is 1. The highest BCUT2D eigenvalue weighted by atomic mass is 19.1. The van der Waals surface area contributed by atoms with E-state index in [1.54, 1.807) is 6.07 Å². The van der Waals surface area contributed by atoms with Crippen LogP contribution in [0.2, 0.25) is 0 Å². The van der Waals surface area contributed by atoms with Gasteiger partial charge in [-0.15, -0.1) is 0 Å². The first-order chi connectivity index (χ1) is 9.31. The first-order valence-corrected chi connectivity index (χ1v) is 7.55. The molecule has 0 bridgehead atoms. The van der Waals surface area contributed by atoms with Crippen molar-refractivity contribution in [3.63, 3.8) is 0 Å². The Morgan fingerprint density at radius 1 is 1.37 bits per heavy atom. The standard InChI is InChI=1S/C16H23FN2/c1-2-19(12-5-4-10-18-11-12)16-9-8-13-14(16)6-3-7-15(13)17/h3,6-7,12,16,18H,2,4-5,8-11H2,1H3. The normalized spacial score (nSPS) is 26.7. The molecule has 2 nitrogen and oxygen atoms in total. The van der Waals surface area contributed by atoms with Crippen LogP contribution in [0, 0.1) is 5.82 Å². The summed E-state index contributed by atoms with van der Waals surface area (Å²) >= 11 is 0. The minimum atomic E-state index is -0.0159. The number of fused-ring (bicyclic) bond motifs is 1. The van der Waals surface area contributed by atoms with E-state index in [1.165, 1.54) is 18.4 Å². The number of benzene rings is 1. The molecule has 2 atom stereocenters. The lowest BCUT2D eigenvalue weighted by Gasteiger charge is -2.38. The van der Waals surface area contributed by atoms with Gasteiger partial charge in [0.05, 0.1) is 0 Å². The summed E-state index contributed by atoms with van der Waals surface area (Å²) in [6, 6.07) is 6.60. The highest BCUT2D eigenvalue weighted by molar-refractivity contribution is 5.35. The third-order valence-electron chi connectivity index (χ3n) is 4.69. The Morgan fingerprint density at radius 2 is 2.26 bits per heavy atom. The van der Waals surface area contributed by atoms with Gasteiger partial charge < -0.3 is 5.32 Å². The minimum Gasteiger partial charge on any atom is -0.315 e. The molecule has 1 saturated heterocycles. The van der Waals surface area contributed by atoms with Crippen molar-refractivity contribution in [3.8, 4) is 0 Å². The average molecular weight is 262 g/mol. The SMILES string of the molecule is CCN(C1CCCNC1)C1CCc2c(F)cccc21. The van der Waals surface area contributed by atoms with Crippen molar-refractivity contribution in [3.05, 3.63) is 35.1 Å². The second kappa shape index (κ2) is 5.59. The molecule has 0 aromatic heterocycles. The van der Waals surface area contributed by atoms with E-state index in [0.717, 1.165) is 38.0 Å². The van der Waals surface area contributed by atoms with E-state index < -0.39 is 0 Å². The molecule has 1 N–H and O–H groups in total. The van der Waals surface area contributed by atoms with Gasteiger partial charge in [-0.25, -0.2) is 4.39 Å². The molecule has 3 rings (SSSR count). The number of hydrogen-bond donors (Lipinski definition) is 1. The monoisotopic (exact) mass is 262 g/mol. The largest absolute Gasteiger partial charge is 0.315 e. The van der Waals surface area contributed by atoms with E-state index in [0.29, 0.717) is 12.1 Å². The van der Waals surface area contributed by atoms with E-state index in [2.05, 4.69) is 23.2 Å². The summed E-state index contributed by atoms with van der Waals surface area (Å²) in [5, 5.41) is 3.49. The number of hydrogen-bond acceptors (Lipinski definition) is 2. The molecule has 1 aromatic carbocycles. The molecule has 3 heteroatoms. The van der Waals surface area contributed by atoms with E-state index in [9.17, 15) is 4.39 Å². The lowest BCUT2D eigenvalue weighted by atomic mass is 10.0. The van der Waals surface area contributed by atoms with Crippen LogP contribution in [-0.4, -0.2) is 30.6 Å². The molecule has 19 heavy (non-hydrogen) atoms. The van der Waals surface area contributed by atoms with Gasteiger partial charge in [0, 0.05) is 18.6 Å². The van der Waals surface area contributed by atoms with Gasteiger partial charge in [-0.3, -0.25) is 4.90 Å². The van der Waals surface area contributed by atoms with Crippen molar-refractivity contribution in [2.75, 3.05) is 19.6 Å². The van der Waals surface area contributed by atoms with Crippen LogP contribution in [0.15, 0.2) is 18.2 Å². The summed E-state index contributed by atoms with van der Waals surface area (Å²) in [7, 11) is 0. The summed E-state index contributed by atoms with van der Waals surface area (Å²) in [5.41, 5.74) is 2.18. The van der Waals surface area contributed by atoms with E-state index in [-0.39, 0.29) is 5.82 Å². The minimum absolute atomic E-state index is 0.0159. The zero-order valence-electron chi connectivity index (χ0n) is 11.7. The van der Waals surface area contributed by atoms with Crippen LogP contribution >= 0.6 is 0 Å². The lowest BCUT2D eigenvalue weighted by Crippen LogP contribution is -2.47. The predicted octanol–water partition coefficient (Wildman–Crippen LogP) is 2.89. The quantitative estimate of drug-likeness (QED) is 0.901. The predicted molar refractivity (Wildman–Crippen MR) is 75.7 cm³/mol. The molecule has 1 heterocycles. The molecule has 0 spiro atoms. The van der Waals surface area contributed by atoms with E-state index in [1.807, 2.05) is 6.07 Å². The third-order valence-corrected chi connectivity index (χ3v) is 4.69. The van der Waals surface area contributed by atoms with Gasteiger partial charge in [-0.05, 0) is 56.0 Å². The zero-order chi connectivity index (χ0) is 13.2. The van der Waals surface area contributed by atoms with Crippen LogP contribution in [0.5, 0.6) is 0 Å². The van der Waals surface area contributed by atoms with Crippen LogP contribution in [-0.2, 0) is 6.42 Å². The van der Waals surface area contributed by atoms with Gasteiger partial charge in [0.25, 0.3) is 0 Å². The van der Waals surface area contributed by atoms with Crippen LogP contribution in [0.1, 0.15) is 43.4 Å². The Morgan fingerprint density at radius 3 is 3.00 bits per heavy atom. The number of likely N-dealkylation sites (N-methyl/N-ethyl adjacent to an activating group) is 1. The second-order valence-electron chi connectivity index (χ2n) is 5.69. The molecular formula is C16H23FN2. The maximum absolute atomic E-state index is 13.8. The molecule has 1 aliphatic carbocycles. The summed E-state index contributed by atoms with van der Waals surface area (Å²) in [6.45, 7) is 5.50. The smallest absolute Gasteiger partial charge is 0.126 e. The first-order valence-electron chi connectivity index (χ1n) is 7.55. The van der Waals surface area contributed by atoms with E-state index in [4.69, 9.17) is 0 Å². The number of nitrogens with zero attached hydrogens (tertiary/aromatic N) is 1. The van der Waals surface area contributed by atoms with Crippen LogP contribution in [0.25, 0.3) is 0 Å². The van der Waals surface area contributed by atoms with Gasteiger partial charge in [-0.2, -0.15) is 0 Å². The van der Waals surface area contributed by atoms with Gasteiger partial charge >= 0.3 is 0 Å². The lowest BCUT2D eigenvalue weighted by molar-refractivity contribution is 0.118. The first kappa shape index (κ1) is 13.1. The van der Waals surface area contributed by atoms with Crippen LogP contribution in [0.4, 0.5) is 4.39 Å². The average Bonchev–Trinajstić information content (AvgIpc) is 2.87. The molecule has 0 amide bonds. The third kappa shape index (κ3) is 2.41. The topological polar surface area (TPSA) is 15.3 Å². The maximum atomic E-state index is 13.8. The fraction of sp³-hybridized carbons (Fsp3) is 0.625. The fourth-order valence-corrected chi connectivity index (χ4v) is 3.78. The Labute approximate surface area is 115 Å². The van der Waals surface area contributed by atoms with Crippen molar-refractivity contribution >= 4 is 0 Å². The number of halogens is 1. The maximum Gasteiger partial charge on any atom is 0.126 e. The Balaban J connectivity index is 1.84. The zero-order valence-corrected chi connectivity index (χ0v) is 11.7. The summed E-state index contributed by atoms with van der Waals surface area (Å²) in [4.78, 5) is 2.58. The van der Waals surface area contributed by atoms with Gasteiger partial charge in [0.1, 0.15) is 5.82 Å². The Kier molecular flexibility index (Phi) is 3.85. The number of rotatable bonds is 3. The van der Waals surface area contributed by atoms with E-state index >= 15 is 0 Å². The van der Waals surface area contributed by atoms with Crippen molar-refractivity contribution < 1.29 is 4.39 Å². The van der Waals surface area contributed by atoms with Gasteiger partial charge in [-0.1, -0.05) is 19.1 Å². The van der Waals surface area contributed by atoms with Crippen molar-refractivity contribution in [1.29, 1.82) is 0 Å². The number of nitrogens with one attached hydrogen (secondary N) is 1. The molecular weight excluding hydrogens is 239 g/mol. The highest BCUT2D eigenvalue weighted by Crippen LogP contribution is 2.38. The summed E-state index contributed by atoms with van der Waals surface area (Å²) in [6.07, 6.45) is 4.48. The Bertz CT molecular complexity index is 440. The van der Waals surface area contributed by atoms with Crippen molar-refractivity contribution in [2.24, 2.45) is 0 Å². The van der Waals surface area contributed by atoms with Crippen LogP contribution in [0.3, 0.4) is 0 Å². The van der Waals surface area contributed by atoms with Gasteiger partial charge in [0.15, 0.2) is 0 Å². The molecule has 0 radical (unpaired) electrons. The summed E-state index contributed by atoms with van der Waals surface area (Å²) in [5.74, 6) is -0.0159. The van der Waals surface area contributed by atoms with Crippen molar-refractivity contribution in [2.45, 2.75) is 44.7 Å². The molecule has 2 unspecified atom stereocenters. The molecule has 104 valence electrons. The molecule has 1 fully saturated rings. The van der Waals surface area contributed by atoms with Gasteiger partial charge in [0.2, 0.25) is 0 Å². The molecule has 1 aromatic rings. The van der Waals surface area contributed by atoms with Crippen LogP contribution < -0.4 is 5.32 Å². The Hall–Kier alpha value is -0.930.